The van der Waals surface area contributed by atoms with Crippen LogP contribution in [0.15, 0.2) is 76.5 Å². The lowest BCUT2D eigenvalue weighted by Crippen LogP contribution is -2.46. The number of sulfonamides is 2. The van der Waals surface area contributed by atoms with Crippen molar-refractivity contribution in [3.63, 3.8) is 0 Å². The van der Waals surface area contributed by atoms with E-state index in [9.17, 15) is 34.8 Å². The first-order valence-electron chi connectivity index (χ1n) is 11.9. The highest BCUT2D eigenvalue weighted by molar-refractivity contribution is 7.89. The molecule has 0 unspecified atom stereocenters. The highest BCUT2D eigenvalue weighted by Crippen LogP contribution is 2.37. The number of methoxy groups -OCH3 is 1. The molecule has 1 aliphatic heterocycles. The SMILES string of the molecule is COc1ccc(-c2ccc(S(=O)(=O)NC3CCN(S(=O)(=O)c4cccc(C(=O)O)c4)CC3)c(C(F)(F)F)c2)cc1. The van der Waals surface area contributed by atoms with Gasteiger partial charge < -0.3 is 9.84 Å². The number of hydrogen-bond acceptors (Lipinski definition) is 6. The number of piperidine rings is 1. The first-order valence-corrected chi connectivity index (χ1v) is 14.9. The Kier molecular flexibility index (Phi) is 8.26. The van der Waals surface area contributed by atoms with E-state index in [1.165, 1.54) is 31.4 Å². The normalized spacial score (nSPS) is 15.6. The molecule has 1 saturated heterocycles. The zero-order valence-electron chi connectivity index (χ0n) is 21.1. The standard InChI is InChI=1S/C26H25F3N2O7S2/c1-38-21-8-5-17(6-9-21)18-7-10-24(23(16-18)26(27,28)29)39(34,35)30-20-11-13-31(14-12-20)40(36,37)22-4-2-3-19(15-22)25(32)33/h2-10,15-16,20,30H,11-14H2,1H3,(H,32,33). The number of nitrogens with zero attached hydrogens (tertiary/aromatic N) is 1. The molecule has 0 spiro atoms. The maximum atomic E-state index is 14.0. The van der Waals surface area contributed by atoms with E-state index in [-0.39, 0.29) is 42.0 Å². The molecule has 0 radical (unpaired) electrons. The van der Waals surface area contributed by atoms with E-state index < -0.39 is 48.7 Å². The van der Waals surface area contributed by atoms with Crippen molar-refractivity contribution in [2.75, 3.05) is 20.2 Å². The summed E-state index contributed by atoms with van der Waals surface area (Å²) in [6.45, 7) is -0.231. The lowest BCUT2D eigenvalue weighted by molar-refractivity contribution is -0.139. The zero-order chi connectivity index (χ0) is 29.3. The van der Waals surface area contributed by atoms with Gasteiger partial charge in [-0.1, -0.05) is 24.3 Å². The highest BCUT2D eigenvalue weighted by Gasteiger charge is 2.39. The van der Waals surface area contributed by atoms with Crippen LogP contribution in [0.4, 0.5) is 13.2 Å². The summed E-state index contributed by atoms with van der Waals surface area (Å²) in [7, 11) is -7.24. The van der Waals surface area contributed by atoms with E-state index in [0.717, 1.165) is 22.5 Å². The Hall–Kier alpha value is -3.46. The molecule has 14 heteroatoms. The molecule has 0 aliphatic carbocycles. The number of carbonyl (C=O) groups is 1. The minimum absolute atomic E-state index is 0.00235. The van der Waals surface area contributed by atoms with Crippen LogP contribution in [0, 0.1) is 0 Å². The zero-order valence-corrected chi connectivity index (χ0v) is 22.7. The number of nitrogens with one attached hydrogen (secondary N) is 1. The van der Waals surface area contributed by atoms with Crippen LogP contribution in [0.25, 0.3) is 11.1 Å². The van der Waals surface area contributed by atoms with Crippen LogP contribution >= 0.6 is 0 Å². The number of hydrogen-bond donors (Lipinski definition) is 2. The monoisotopic (exact) mass is 598 g/mol. The fraction of sp³-hybridized carbons (Fsp3) is 0.269. The average molecular weight is 599 g/mol. The number of rotatable bonds is 8. The maximum absolute atomic E-state index is 14.0. The van der Waals surface area contributed by atoms with Gasteiger partial charge in [-0.25, -0.2) is 26.4 Å². The second kappa shape index (κ2) is 11.2. The summed E-state index contributed by atoms with van der Waals surface area (Å²) in [5.41, 5.74) is -0.932. The first kappa shape index (κ1) is 29.5. The lowest BCUT2D eigenvalue weighted by Gasteiger charge is -2.31. The molecule has 0 aromatic heterocycles. The van der Waals surface area contributed by atoms with E-state index in [1.54, 1.807) is 24.3 Å². The van der Waals surface area contributed by atoms with Crippen LogP contribution in [-0.4, -0.2) is 58.5 Å². The van der Waals surface area contributed by atoms with Gasteiger partial charge in [0, 0.05) is 19.1 Å². The lowest BCUT2D eigenvalue weighted by atomic mass is 10.0. The average Bonchev–Trinajstić information content (AvgIpc) is 2.92. The number of halogens is 3. The summed E-state index contributed by atoms with van der Waals surface area (Å²) < 4.78 is 102. The summed E-state index contributed by atoms with van der Waals surface area (Å²) in [5, 5.41) is 9.14. The van der Waals surface area contributed by atoms with Crippen LogP contribution in [-0.2, 0) is 26.2 Å². The molecule has 0 atom stereocenters. The molecule has 40 heavy (non-hydrogen) atoms. The molecule has 0 bridgehead atoms. The molecule has 9 nitrogen and oxygen atoms in total. The molecule has 2 N–H and O–H groups in total. The molecule has 0 saturated carbocycles. The van der Waals surface area contributed by atoms with Gasteiger partial charge in [-0.2, -0.15) is 17.5 Å². The Labute approximate surface area is 229 Å². The van der Waals surface area contributed by atoms with Gasteiger partial charge in [0.05, 0.1) is 28.0 Å². The summed E-state index contributed by atoms with van der Waals surface area (Å²) in [5.74, 6) is -0.781. The van der Waals surface area contributed by atoms with E-state index in [1.807, 2.05) is 0 Å². The minimum atomic E-state index is -4.96. The Bertz CT molecular complexity index is 1620. The van der Waals surface area contributed by atoms with Gasteiger partial charge in [0.2, 0.25) is 20.0 Å². The number of carboxylic acids is 1. The van der Waals surface area contributed by atoms with Crippen molar-refractivity contribution in [2.24, 2.45) is 0 Å². The van der Waals surface area contributed by atoms with E-state index in [2.05, 4.69) is 4.72 Å². The molecule has 0 amide bonds. The molecule has 4 rings (SSSR count). The number of alkyl halides is 3. The second-order valence-electron chi connectivity index (χ2n) is 9.07. The van der Waals surface area contributed by atoms with Crippen molar-refractivity contribution >= 4 is 26.0 Å². The number of benzene rings is 3. The molecular formula is C26H25F3N2O7S2. The van der Waals surface area contributed by atoms with Crippen LogP contribution in [0.2, 0.25) is 0 Å². The summed E-state index contributed by atoms with van der Waals surface area (Å²) in [6.07, 6.45) is -4.96. The third-order valence-corrected chi connectivity index (χ3v) is 9.97. The topological polar surface area (TPSA) is 130 Å². The molecule has 214 valence electrons. The fourth-order valence-electron chi connectivity index (χ4n) is 4.38. The number of ether oxygens (including phenoxy) is 1. The van der Waals surface area contributed by atoms with Gasteiger partial charge in [-0.3, -0.25) is 0 Å². The third-order valence-electron chi connectivity index (χ3n) is 6.49. The van der Waals surface area contributed by atoms with Crippen LogP contribution in [0.3, 0.4) is 0 Å². The number of aromatic carboxylic acids is 1. The van der Waals surface area contributed by atoms with Crippen LogP contribution in [0.1, 0.15) is 28.8 Å². The van der Waals surface area contributed by atoms with Crippen LogP contribution in [0.5, 0.6) is 5.75 Å². The van der Waals surface area contributed by atoms with E-state index in [0.29, 0.717) is 11.3 Å². The van der Waals surface area contributed by atoms with Crippen molar-refractivity contribution in [3.8, 4) is 16.9 Å². The fourth-order valence-corrected chi connectivity index (χ4v) is 7.41. The molecular weight excluding hydrogens is 573 g/mol. The van der Waals surface area contributed by atoms with Gasteiger partial charge >= 0.3 is 12.1 Å². The van der Waals surface area contributed by atoms with Crippen molar-refractivity contribution in [2.45, 2.75) is 34.9 Å². The molecule has 1 heterocycles. The quantitative estimate of drug-likeness (QED) is 0.397. The summed E-state index contributed by atoms with van der Waals surface area (Å²) in [4.78, 5) is 10.0. The predicted molar refractivity (Wildman–Crippen MR) is 139 cm³/mol. The van der Waals surface area contributed by atoms with Crippen molar-refractivity contribution < 1.29 is 44.6 Å². The van der Waals surface area contributed by atoms with E-state index in [4.69, 9.17) is 9.84 Å². The summed E-state index contributed by atoms with van der Waals surface area (Å²) in [6, 6.07) is 13.2. The van der Waals surface area contributed by atoms with Crippen molar-refractivity contribution in [1.82, 2.24) is 9.03 Å². The first-order chi connectivity index (χ1) is 18.7. The number of carboxylic acid groups (broad SMARTS) is 1. The van der Waals surface area contributed by atoms with Crippen molar-refractivity contribution in [1.29, 1.82) is 0 Å². The van der Waals surface area contributed by atoms with Gasteiger partial charge in [-0.15, -0.1) is 0 Å². The Morgan fingerprint density at radius 2 is 1.57 bits per heavy atom. The smallest absolute Gasteiger partial charge is 0.417 e. The second-order valence-corrected chi connectivity index (χ2v) is 12.7. The summed E-state index contributed by atoms with van der Waals surface area (Å²) >= 11 is 0. The molecule has 1 fully saturated rings. The van der Waals surface area contributed by atoms with Crippen LogP contribution < -0.4 is 9.46 Å². The van der Waals surface area contributed by atoms with Gasteiger partial charge in [-0.05, 0) is 66.4 Å². The Morgan fingerprint density at radius 1 is 0.950 bits per heavy atom. The third kappa shape index (κ3) is 6.30. The van der Waals surface area contributed by atoms with E-state index >= 15 is 0 Å². The molecule has 3 aromatic rings. The molecule has 1 aliphatic rings. The van der Waals surface area contributed by atoms with Gasteiger partial charge in [0.1, 0.15) is 5.75 Å². The molecule has 3 aromatic carbocycles. The van der Waals surface area contributed by atoms with Gasteiger partial charge in [0.15, 0.2) is 0 Å². The minimum Gasteiger partial charge on any atom is -0.497 e. The maximum Gasteiger partial charge on any atom is 0.417 e. The Morgan fingerprint density at radius 3 is 2.15 bits per heavy atom. The van der Waals surface area contributed by atoms with Crippen molar-refractivity contribution in [3.05, 3.63) is 77.9 Å². The van der Waals surface area contributed by atoms with Gasteiger partial charge in [0.25, 0.3) is 0 Å². The predicted octanol–water partition coefficient (Wildman–Crippen LogP) is 4.21. The largest absolute Gasteiger partial charge is 0.497 e. The Balaban J connectivity index is 1.52. The highest BCUT2D eigenvalue weighted by atomic mass is 32.2.